The predicted molar refractivity (Wildman–Crippen MR) is 74.6 cm³/mol. The lowest BCUT2D eigenvalue weighted by Crippen LogP contribution is -2.06. The first kappa shape index (κ1) is 11.8. The van der Waals surface area contributed by atoms with Crippen LogP contribution in [0.2, 0.25) is 0 Å². The van der Waals surface area contributed by atoms with Gasteiger partial charge in [0, 0.05) is 18.2 Å². The van der Waals surface area contributed by atoms with E-state index in [2.05, 4.69) is 26.0 Å². The third kappa shape index (κ3) is 2.32. The van der Waals surface area contributed by atoms with Crippen molar-refractivity contribution in [3.8, 4) is 11.3 Å². The average molecular weight is 253 g/mol. The van der Waals surface area contributed by atoms with Crippen LogP contribution in [0.3, 0.4) is 0 Å². The number of nitrogens with two attached hydrogens (primary N) is 1. The van der Waals surface area contributed by atoms with Crippen LogP contribution in [0.5, 0.6) is 0 Å². The summed E-state index contributed by atoms with van der Waals surface area (Å²) in [6.07, 6.45) is 2.47. The van der Waals surface area contributed by atoms with E-state index in [1.807, 2.05) is 25.1 Å². The molecule has 1 aromatic carbocycles. The van der Waals surface area contributed by atoms with E-state index in [9.17, 15) is 0 Å². The Morgan fingerprint density at radius 3 is 2.95 bits per heavy atom. The van der Waals surface area contributed by atoms with Gasteiger partial charge in [0.25, 0.3) is 0 Å². The fourth-order valence-electron chi connectivity index (χ4n) is 2.11. The number of nitrogens with one attached hydrogen (secondary N) is 1. The summed E-state index contributed by atoms with van der Waals surface area (Å²) in [7, 11) is 0. The number of hydrogen-bond acceptors (Lipinski definition) is 4. The highest BCUT2D eigenvalue weighted by molar-refractivity contribution is 5.81. The Hall–Kier alpha value is -2.27. The number of aromatic amines is 1. The number of hydrogen-bond donors (Lipinski definition) is 2. The Bertz CT molecular complexity index is 717. The second-order valence-corrected chi connectivity index (χ2v) is 4.45. The third-order valence-corrected chi connectivity index (χ3v) is 2.97. The molecule has 96 valence electrons. The molecule has 3 N–H and O–H groups in total. The SMILES string of the molecule is Cc1nc2ccc(-c3ccnc(CCN)n3)cc2[nH]1. The van der Waals surface area contributed by atoms with E-state index in [1.165, 1.54) is 0 Å². The molecule has 0 bridgehead atoms. The smallest absolute Gasteiger partial charge is 0.130 e. The summed E-state index contributed by atoms with van der Waals surface area (Å²) in [6, 6.07) is 7.99. The van der Waals surface area contributed by atoms with E-state index < -0.39 is 0 Å². The number of benzene rings is 1. The van der Waals surface area contributed by atoms with Gasteiger partial charge in [-0.1, -0.05) is 6.07 Å². The van der Waals surface area contributed by atoms with E-state index >= 15 is 0 Å². The van der Waals surface area contributed by atoms with Crippen LogP contribution in [-0.4, -0.2) is 26.5 Å². The summed E-state index contributed by atoms with van der Waals surface area (Å²) in [5.41, 5.74) is 9.49. The fraction of sp³-hybridized carbons (Fsp3) is 0.214. The summed E-state index contributed by atoms with van der Waals surface area (Å²) in [5.74, 6) is 1.69. The van der Waals surface area contributed by atoms with Crippen LogP contribution >= 0.6 is 0 Å². The minimum atomic E-state index is 0.558. The van der Waals surface area contributed by atoms with Crippen LogP contribution in [-0.2, 0) is 6.42 Å². The molecular formula is C14H15N5. The summed E-state index contributed by atoms with van der Waals surface area (Å²) >= 11 is 0. The van der Waals surface area contributed by atoms with E-state index in [-0.39, 0.29) is 0 Å². The standard InChI is InChI=1S/C14H15N5/c1-9-17-12-3-2-10(8-13(12)18-9)11-5-7-16-14(19-11)4-6-15/h2-3,5,7-8H,4,6,15H2,1H3,(H,17,18). The summed E-state index contributed by atoms with van der Waals surface area (Å²) < 4.78 is 0. The minimum Gasteiger partial charge on any atom is -0.342 e. The van der Waals surface area contributed by atoms with Gasteiger partial charge < -0.3 is 10.7 Å². The molecule has 0 aliphatic heterocycles. The van der Waals surface area contributed by atoms with E-state index in [4.69, 9.17) is 5.73 Å². The molecule has 0 saturated heterocycles. The Morgan fingerprint density at radius 2 is 2.11 bits per heavy atom. The van der Waals surface area contributed by atoms with E-state index in [0.29, 0.717) is 13.0 Å². The van der Waals surface area contributed by atoms with Gasteiger partial charge in [-0.15, -0.1) is 0 Å². The number of nitrogens with zero attached hydrogens (tertiary/aromatic N) is 3. The highest BCUT2D eigenvalue weighted by Gasteiger charge is 2.05. The highest BCUT2D eigenvalue weighted by Crippen LogP contribution is 2.21. The zero-order valence-corrected chi connectivity index (χ0v) is 10.7. The monoisotopic (exact) mass is 253 g/mol. The average Bonchev–Trinajstić information content (AvgIpc) is 2.78. The number of aryl methyl sites for hydroxylation is 1. The van der Waals surface area contributed by atoms with Crippen LogP contribution in [0.25, 0.3) is 22.3 Å². The molecule has 0 fully saturated rings. The number of rotatable bonds is 3. The normalized spacial score (nSPS) is 11.1. The molecule has 0 amide bonds. The lowest BCUT2D eigenvalue weighted by atomic mass is 10.1. The van der Waals surface area contributed by atoms with Gasteiger partial charge in [-0.05, 0) is 31.7 Å². The quantitative estimate of drug-likeness (QED) is 0.746. The Kier molecular flexibility index (Phi) is 2.97. The topological polar surface area (TPSA) is 80.5 Å². The molecule has 3 aromatic rings. The van der Waals surface area contributed by atoms with Crippen molar-refractivity contribution in [2.75, 3.05) is 6.54 Å². The van der Waals surface area contributed by atoms with E-state index in [0.717, 1.165) is 33.9 Å². The fourth-order valence-corrected chi connectivity index (χ4v) is 2.11. The second-order valence-electron chi connectivity index (χ2n) is 4.45. The first-order valence-electron chi connectivity index (χ1n) is 6.25. The number of H-pyrrole nitrogens is 1. The molecule has 0 aliphatic carbocycles. The van der Waals surface area contributed by atoms with Crippen LogP contribution < -0.4 is 5.73 Å². The van der Waals surface area contributed by atoms with Gasteiger partial charge in [0.2, 0.25) is 0 Å². The predicted octanol–water partition coefficient (Wildman–Crippen LogP) is 1.83. The van der Waals surface area contributed by atoms with Gasteiger partial charge in [-0.25, -0.2) is 15.0 Å². The molecule has 0 unspecified atom stereocenters. The molecule has 5 heteroatoms. The molecule has 3 rings (SSSR count). The molecule has 0 atom stereocenters. The zero-order chi connectivity index (χ0) is 13.2. The summed E-state index contributed by atoms with van der Waals surface area (Å²) in [4.78, 5) is 16.4. The maximum absolute atomic E-state index is 5.53. The first-order chi connectivity index (χ1) is 9.26. The largest absolute Gasteiger partial charge is 0.342 e. The van der Waals surface area contributed by atoms with Gasteiger partial charge in [0.05, 0.1) is 16.7 Å². The molecule has 2 heterocycles. The van der Waals surface area contributed by atoms with Crippen molar-refractivity contribution in [3.63, 3.8) is 0 Å². The first-order valence-corrected chi connectivity index (χ1v) is 6.25. The van der Waals surface area contributed by atoms with Crippen molar-refractivity contribution >= 4 is 11.0 Å². The molecule has 2 aromatic heterocycles. The van der Waals surface area contributed by atoms with Gasteiger partial charge in [-0.2, -0.15) is 0 Å². The van der Waals surface area contributed by atoms with Crippen LogP contribution in [0.15, 0.2) is 30.5 Å². The summed E-state index contributed by atoms with van der Waals surface area (Å²) in [5, 5.41) is 0. The van der Waals surface area contributed by atoms with Crippen molar-refractivity contribution in [1.82, 2.24) is 19.9 Å². The number of imidazole rings is 1. The molecule has 0 aliphatic rings. The lowest BCUT2D eigenvalue weighted by Gasteiger charge is -2.03. The lowest BCUT2D eigenvalue weighted by molar-refractivity contribution is 0.869. The Labute approximate surface area is 110 Å². The van der Waals surface area contributed by atoms with Crippen molar-refractivity contribution in [1.29, 1.82) is 0 Å². The van der Waals surface area contributed by atoms with Crippen molar-refractivity contribution in [3.05, 3.63) is 42.1 Å². The molecule has 0 saturated carbocycles. The van der Waals surface area contributed by atoms with Crippen molar-refractivity contribution in [2.45, 2.75) is 13.3 Å². The molecule has 0 radical (unpaired) electrons. The molecular weight excluding hydrogens is 238 g/mol. The van der Waals surface area contributed by atoms with E-state index in [1.54, 1.807) is 6.20 Å². The zero-order valence-electron chi connectivity index (χ0n) is 10.7. The maximum Gasteiger partial charge on any atom is 0.130 e. The van der Waals surface area contributed by atoms with Crippen molar-refractivity contribution in [2.24, 2.45) is 5.73 Å². The van der Waals surface area contributed by atoms with Gasteiger partial charge in [0.1, 0.15) is 11.6 Å². The molecule has 19 heavy (non-hydrogen) atoms. The third-order valence-electron chi connectivity index (χ3n) is 2.97. The Balaban J connectivity index is 2.05. The Morgan fingerprint density at radius 1 is 1.21 bits per heavy atom. The number of aromatic nitrogens is 4. The number of fused-ring (bicyclic) bond motifs is 1. The highest BCUT2D eigenvalue weighted by atomic mass is 14.9. The van der Waals surface area contributed by atoms with Crippen LogP contribution in [0, 0.1) is 6.92 Å². The van der Waals surface area contributed by atoms with Crippen LogP contribution in [0.4, 0.5) is 0 Å². The van der Waals surface area contributed by atoms with Crippen LogP contribution in [0.1, 0.15) is 11.6 Å². The van der Waals surface area contributed by atoms with Crippen molar-refractivity contribution < 1.29 is 0 Å². The minimum absolute atomic E-state index is 0.558. The molecule has 5 nitrogen and oxygen atoms in total. The maximum atomic E-state index is 5.53. The summed E-state index contributed by atoms with van der Waals surface area (Å²) in [6.45, 7) is 2.51. The van der Waals surface area contributed by atoms with Gasteiger partial charge >= 0.3 is 0 Å². The van der Waals surface area contributed by atoms with Gasteiger partial charge in [-0.3, -0.25) is 0 Å². The molecule has 0 spiro atoms. The van der Waals surface area contributed by atoms with Gasteiger partial charge in [0.15, 0.2) is 0 Å². The second kappa shape index (κ2) is 4.78.